The summed E-state index contributed by atoms with van der Waals surface area (Å²) in [7, 11) is 0. The van der Waals surface area contributed by atoms with E-state index < -0.39 is 0 Å². The molecule has 0 aromatic heterocycles. The Labute approximate surface area is 83.4 Å². The summed E-state index contributed by atoms with van der Waals surface area (Å²) in [6, 6.07) is 7.37. The van der Waals surface area contributed by atoms with Gasteiger partial charge in [0.15, 0.2) is 0 Å². The first kappa shape index (κ1) is 9.20. The number of halogens is 1. The average Bonchev–Trinajstić information content (AvgIpc) is 2.14. The van der Waals surface area contributed by atoms with E-state index in [2.05, 4.69) is 6.07 Å². The van der Waals surface area contributed by atoms with Crippen LogP contribution in [0.15, 0.2) is 24.3 Å². The minimum absolute atomic E-state index is 0.119. The SMILES string of the molecule is Cc1cc(C)c2cccc(F)c2c1C. The van der Waals surface area contributed by atoms with E-state index in [1.54, 1.807) is 6.07 Å². The van der Waals surface area contributed by atoms with Crippen molar-refractivity contribution in [3.05, 3.63) is 46.8 Å². The van der Waals surface area contributed by atoms with E-state index in [1.165, 1.54) is 6.07 Å². The maximum Gasteiger partial charge on any atom is 0.131 e. The fourth-order valence-electron chi connectivity index (χ4n) is 1.94. The lowest BCUT2D eigenvalue weighted by atomic mass is 9.96. The number of aryl methyl sites for hydroxylation is 3. The van der Waals surface area contributed by atoms with Crippen LogP contribution in [0.1, 0.15) is 16.7 Å². The van der Waals surface area contributed by atoms with Crippen LogP contribution in [-0.4, -0.2) is 0 Å². The molecule has 14 heavy (non-hydrogen) atoms. The highest BCUT2D eigenvalue weighted by molar-refractivity contribution is 5.89. The largest absolute Gasteiger partial charge is 0.206 e. The average molecular weight is 188 g/mol. The highest BCUT2D eigenvalue weighted by Gasteiger charge is 2.07. The van der Waals surface area contributed by atoms with Gasteiger partial charge in [0.1, 0.15) is 5.82 Å². The van der Waals surface area contributed by atoms with E-state index in [0.29, 0.717) is 0 Å². The number of hydrogen-bond acceptors (Lipinski definition) is 0. The van der Waals surface area contributed by atoms with Crippen molar-refractivity contribution < 1.29 is 4.39 Å². The van der Waals surface area contributed by atoms with Gasteiger partial charge in [-0.25, -0.2) is 4.39 Å². The Morgan fingerprint density at radius 2 is 1.71 bits per heavy atom. The van der Waals surface area contributed by atoms with Crippen LogP contribution < -0.4 is 0 Å². The van der Waals surface area contributed by atoms with Gasteiger partial charge in [-0.2, -0.15) is 0 Å². The summed E-state index contributed by atoms with van der Waals surface area (Å²) in [6.07, 6.45) is 0. The second kappa shape index (κ2) is 3.09. The Bertz CT molecular complexity index is 498. The van der Waals surface area contributed by atoms with Crippen molar-refractivity contribution in [2.75, 3.05) is 0 Å². The number of benzene rings is 2. The molecule has 2 aromatic rings. The first-order chi connectivity index (χ1) is 6.61. The van der Waals surface area contributed by atoms with E-state index in [-0.39, 0.29) is 5.82 Å². The molecule has 1 heteroatoms. The summed E-state index contributed by atoms with van der Waals surface area (Å²) in [5.41, 5.74) is 3.34. The van der Waals surface area contributed by atoms with Crippen LogP contribution in [0, 0.1) is 26.6 Å². The highest BCUT2D eigenvalue weighted by Crippen LogP contribution is 2.27. The molecule has 0 amide bonds. The topological polar surface area (TPSA) is 0 Å². The maximum absolute atomic E-state index is 13.6. The van der Waals surface area contributed by atoms with Crippen molar-refractivity contribution in [1.29, 1.82) is 0 Å². The van der Waals surface area contributed by atoms with E-state index >= 15 is 0 Å². The van der Waals surface area contributed by atoms with E-state index in [0.717, 1.165) is 27.5 Å². The van der Waals surface area contributed by atoms with Gasteiger partial charge in [-0.15, -0.1) is 0 Å². The number of fused-ring (bicyclic) bond motifs is 1. The molecule has 0 aliphatic rings. The molecule has 2 rings (SSSR count). The van der Waals surface area contributed by atoms with Gasteiger partial charge in [-0.05, 0) is 48.9 Å². The van der Waals surface area contributed by atoms with E-state index in [1.807, 2.05) is 26.8 Å². The van der Waals surface area contributed by atoms with Crippen molar-refractivity contribution in [1.82, 2.24) is 0 Å². The molecule has 0 aliphatic carbocycles. The van der Waals surface area contributed by atoms with Gasteiger partial charge in [0.25, 0.3) is 0 Å². The monoisotopic (exact) mass is 188 g/mol. The highest BCUT2D eigenvalue weighted by atomic mass is 19.1. The molecule has 0 saturated heterocycles. The predicted octanol–water partition coefficient (Wildman–Crippen LogP) is 3.90. The fraction of sp³-hybridized carbons (Fsp3) is 0.231. The second-order valence-corrected chi connectivity index (χ2v) is 3.80. The van der Waals surface area contributed by atoms with E-state index in [4.69, 9.17) is 0 Å². The van der Waals surface area contributed by atoms with Gasteiger partial charge in [0.05, 0.1) is 0 Å². The van der Waals surface area contributed by atoms with Crippen LogP contribution in [-0.2, 0) is 0 Å². The van der Waals surface area contributed by atoms with Crippen molar-refractivity contribution in [3.8, 4) is 0 Å². The molecule has 0 bridgehead atoms. The molecule has 0 aliphatic heterocycles. The molecule has 0 heterocycles. The van der Waals surface area contributed by atoms with Gasteiger partial charge >= 0.3 is 0 Å². The molecule has 0 nitrogen and oxygen atoms in total. The van der Waals surface area contributed by atoms with Crippen LogP contribution in [0.2, 0.25) is 0 Å². The summed E-state index contributed by atoms with van der Waals surface area (Å²) in [4.78, 5) is 0. The molecular formula is C13H13F. The van der Waals surface area contributed by atoms with Crippen molar-refractivity contribution in [2.45, 2.75) is 20.8 Å². The molecule has 0 spiro atoms. The lowest BCUT2D eigenvalue weighted by molar-refractivity contribution is 0.639. The molecule has 0 N–H and O–H groups in total. The lowest BCUT2D eigenvalue weighted by Crippen LogP contribution is -1.90. The van der Waals surface area contributed by atoms with Gasteiger partial charge < -0.3 is 0 Å². The molecule has 0 atom stereocenters. The molecular weight excluding hydrogens is 175 g/mol. The quantitative estimate of drug-likeness (QED) is 0.588. The number of hydrogen-bond donors (Lipinski definition) is 0. The second-order valence-electron chi connectivity index (χ2n) is 3.80. The summed E-state index contributed by atoms with van der Waals surface area (Å²) in [5.74, 6) is -0.119. The van der Waals surface area contributed by atoms with Gasteiger partial charge in [-0.3, -0.25) is 0 Å². The summed E-state index contributed by atoms with van der Waals surface area (Å²) in [5, 5.41) is 1.79. The summed E-state index contributed by atoms with van der Waals surface area (Å²) >= 11 is 0. The molecule has 0 saturated carbocycles. The predicted molar refractivity (Wildman–Crippen MR) is 58.1 cm³/mol. The minimum atomic E-state index is -0.119. The molecule has 0 fully saturated rings. The number of rotatable bonds is 0. The fourth-order valence-corrected chi connectivity index (χ4v) is 1.94. The zero-order chi connectivity index (χ0) is 10.3. The van der Waals surface area contributed by atoms with Crippen LogP contribution in [0.5, 0.6) is 0 Å². The molecule has 2 aromatic carbocycles. The van der Waals surface area contributed by atoms with Gasteiger partial charge in [0, 0.05) is 5.39 Å². The van der Waals surface area contributed by atoms with Crippen molar-refractivity contribution >= 4 is 10.8 Å². The Hall–Kier alpha value is -1.37. The van der Waals surface area contributed by atoms with Gasteiger partial charge in [0.2, 0.25) is 0 Å². The van der Waals surface area contributed by atoms with Gasteiger partial charge in [-0.1, -0.05) is 18.2 Å². The third-order valence-corrected chi connectivity index (χ3v) is 2.84. The van der Waals surface area contributed by atoms with Crippen LogP contribution >= 0.6 is 0 Å². The third kappa shape index (κ3) is 1.20. The normalized spacial score (nSPS) is 10.9. The Balaban J connectivity index is 3.03. The van der Waals surface area contributed by atoms with E-state index in [9.17, 15) is 4.39 Å². The molecule has 0 unspecified atom stereocenters. The van der Waals surface area contributed by atoms with Crippen LogP contribution in [0.4, 0.5) is 4.39 Å². The summed E-state index contributed by atoms with van der Waals surface area (Å²) < 4.78 is 13.6. The zero-order valence-electron chi connectivity index (χ0n) is 8.69. The zero-order valence-corrected chi connectivity index (χ0v) is 8.69. The van der Waals surface area contributed by atoms with Crippen LogP contribution in [0.25, 0.3) is 10.8 Å². The Morgan fingerprint density at radius 3 is 2.43 bits per heavy atom. The Morgan fingerprint density at radius 1 is 1.00 bits per heavy atom. The van der Waals surface area contributed by atoms with Crippen molar-refractivity contribution in [2.24, 2.45) is 0 Å². The smallest absolute Gasteiger partial charge is 0.131 e. The van der Waals surface area contributed by atoms with Crippen LogP contribution in [0.3, 0.4) is 0 Å². The first-order valence-corrected chi connectivity index (χ1v) is 4.76. The standard InChI is InChI=1S/C13H13F/c1-8-7-9(2)11-5-4-6-12(14)13(11)10(8)3/h4-7H,1-3H3. The molecule has 72 valence electrons. The maximum atomic E-state index is 13.6. The summed E-state index contributed by atoms with van der Waals surface area (Å²) in [6.45, 7) is 6.02. The Kier molecular flexibility index (Phi) is 2.03. The third-order valence-electron chi connectivity index (χ3n) is 2.84. The first-order valence-electron chi connectivity index (χ1n) is 4.76. The minimum Gasteiger partial charge on any atom is -0.206 e. The molecule has 0 radical (unpaired) electrons. The lowest BCUT2D eigenvalue weighted by Gasteiger charge is -2.09. The van der Waals surface area contributed by atoms with Crippen molar-refractivity contribution in [3.63, 3.8) is 0 Å².